The third kappa shape index (κ3) is 62.8. The number of ether oxygens (including phenoxy) is 4. The normalized spacial score (nSPS) is 14.1. The molecule has 5 atom stereocenters. The van der Waals surface area contributed by atoms with E-state index in [1.54, 1.807) is 0 Å². The van der Waals surface area contributed by atoms with Gasteiger partial charge in [-0.25, -0.2) is 9.13 Å². The summed E-state index contributed by atoms with van der Waals surface area (Å²) < 4.78 is 68.2. The highest BCUT2D eigenvalue weighted by Gasteiger charge is 2.30. The molecule has 0 aromatic heterocycles. The highest BCUT2D eigenvalue weighted by Crippen LogP contribution is 2.45. The molecule has 0 bridgehead atoms. The third-order valence-corrected chi connectivity index (χ3v) is 17.9. The van der Waals surface area contributed by atoms with E-state index in [4.69, 9.17) is 37.0 Å². The van der Waals surface area contributed by atoms with Crippen molar-refractivity contribution in [2.24, 2.45) is 5.92 Å². The molecule has 0 rings (SSSR count). The topological polar surface area (TPSA) is 237 Å². The molecule has 0 amide bonds. The highest BCUT2D eigenvalue weighted by atomic mass is 31.2. The van der Waals surface area contributed by atoms with Crippen molar-refractivity contribution in [3.63, 3.8) is 0 Å². The molecule has 0 saturated carbocycles. The Balaban J connectivity index is 5.22. The lowest BCUT2D eigenvalue weighted by Gasteiger charge is -2.21. The van der Waals surface area contributed by atoms with Gasteiger partial charge in [-0.05, 0) is 31.6 Å². The van der Waals surface area contributed by atoms with E-state index in [2.05, 4.69) is 34.6 Å². The first-order chi connectivity index (χ1) is 42.5. The van der Waals surface area contributed by atoms with Gasteiger partial charge in [0, 0.05) is 25.7 Å². The smallest absolute Gasteiger partial charge is 0.462 e. The van der Waals surface area contributed by atoms with E-state index in [9.17, 15) is 43.2 Å². The number of phosphoric ester groups is 2. The first-order valence-electron chi connectivity index (χ1n) is 36.1. The van der Waals surface area contributed by atoms with Crippen molar-refractivity contribution in [2.45, 2.75) is 374 Å². The van der Waals surface area contributed by atoms with E-state index >= 15 is 0 Å². The lowest BCUT2D eigenvalue weighted by atomic mass is 10.0. The van der Waals surface area contributed by atoms with Gasteiger partial charge in [0.05, 0.1) is 26.4 Å². The van der Waals surface area contributed by atoms with Crippen molar-refractivity contribution in [3.05, 3.63) is 0 Å². The van der Waals surface area contributed by atoms with Gasteiger partial charge in [0.1, 0.15) is 19.3 Å². The molecule has 0 aliphatic carbocycles. The summed E-state index contributed by atoms with van der Waals surface area (Å²) in [5.41, 5.74) is 0. The third-order valence-electron chi connectivity index (χ3n) is 16.0. The van der Waals surface area contributed by atoms with Gasteiger partial charge in [-0.15, -0.1) is 0 Å². The number of carbonyl (C=O) groups is 4. The fourth-order valence-corrected chi connectivity index (χ4v) is 12.0. The second kappa shape index (κ2) is 62.5. The van der Waals surface area contributed by atoms with Crippen molar-refractivity contribution in [1.29, 1.82) is 0 Å². The molecule has 3 N–H and O–H groups in total. The summed E-state index contributed by atoms with van der Waals surface area (Å²) >= 11 is 0. The average molecular weight is 1300 g/mol. The zero-order valence-electron chi connectivity index (χ0n) is 56.9. The molecular weight excluding hydrogens is 1160 g/mol. The van der Waals surface area contributed by atoms with Gasteiger partial charge in [0.2, 0.25) is 0 Å². The van der Waals surface area contributed by atoms with Crippen LogP contribution in [0.15, 0.2) is 0 Å². The van der Waals surface area contributed by atoms with Gasteiger partial charge in [-0.3, -0.25) is 37.3 Å². The van der Waals surface area contributed by atoms with Crippen LogP contribution in [0.5, 0.6) is 0 Å². The number of hydrogen-bond donors (Lipinski definition) is 3. The lowest BCUT2D eigenvalue weighted by Crippen LogP contribution is -2.30. The molecule has 0 fully saturated rings. The molecule has 0 aromatic rings. The Morgan fingerprint density at radius 3 is 0.773 bits per heavy atom. The van der Waals surface area contributed by atoms with Crippen molar-refractivity contribution >= 4 is 39.5 Å². The van der Waals surface area contributed by atoms with Crippen molar-refractivity contribution in [3.8, 4) is 0 Å². The Hall–Kier alpha value is -1.94. The summed E-state index contributed by atoms with van der Waals surface area (Å²) in [6.45, 7) is 7.22. The van der Waals surface area contributed by atoms with E-state index in [-0.39, 0.29) is 25.7 Å². The average Bonchev–Trinajstić information content (AvgIpc) is 3.58. The molecule has 2 unspecified atom stereocenters. The largest absolute Gasteiger partial charge is 0.472 e. The van der Waals surface area contributed by atoms with Gasteiger partial charge in [0.15, 0.2) is 12.2 Å². The minimum Gasteiger partial charge on any atom is -0.462 e. The van der Waals surface area contributed by atoms with Crippen LogP contribution < -0.4 is 0 Å². The van der Waals surface area contributed by atoms with Crippen LogP contribution in [-0.4, -0.2) is 96.7 Å². The molecule has 17 nitrogen and oxygen atoms in total. The van der Waals surface area contributed by atoms with Gasteiger partial charge >= 0.3 is 39.5 Å². The summed E-state index contributed by atoms with van der Waals surface area (Å²) in [6, 6.07) is 0. The van der Waals surface area contributed by atoms with Crippen LogP contribution >= 0.6 is 15.6 Å². The molecule has 0 saturated heterocycles. The molecule has 88 heavy (non-hydrogen) atoms. The van der Waals surface area contributed by atoms with Crippen LogP contribution in [0.2, 0.25) is 0 Å². The highest BCUT2D eigenvalue weighted by molar-refractivity contribution is 7.47. The van der Waals surface area contributed by atoms with Gasteiger partial charge in [-0.1, -0.05) is 304 Å². The van der Waals surface area contributed by atoms with Crippen LogP contribution in [0.3, 0.4) is 0 Å². The van der Waals surface area contributed by atoms with Crippen molar-refractivity contribution < 1.29 is 80.2 Å². The first kappa shape index (κ1) is 86.1. The number of unbranched alkanes of at least 4 members (excludes halogenated alkanes) is 41. The van der Waals surface area contributed by atoms with Crippen molar-refractivity contribution in [2.75, 3.05) is 39.6 Å². The van der Waals surface area contributed by atoms with Gasteiger partial charge < -0.3 is 33.8 Å². The molecule has 0 heterocycles. The Morgan fingerprint density at radius 2 is 0.523 bits per heavy atom. The van der Waals surface area contributed by atoms with Crippen LogP contribution in [0.25, 0.3) is 0 Å². The molecule has 0 aliphatic heterocycles. The minimum atomic E-state index is -4.95. The summed E-state index contributed by atoms with van der Waals surface area (Å²) in [4.78, 5) is 72.4. The summed E-state index contributed by atoms with van der Waals surface area (Å²) in [5.74, 6) is -1.35. The quantitative estimate of drug-likeness (QED) is 0.0222. The first-order valence-corrected chi connectivity index (χ1v) is 39.1. The maximum Gasteiger partial charge on any atom is 0.472 e. The molecule has 0 radical (unpaired) electrons. The summed E-state index contributed by atoms with van der Waals surface area (Å²) in [6.07, 6.45) is 48.5. The predicted octanol–water partition coefficient (Wildman–Crippen LogP) is 19.7. The molecule has 522 valence electrons. The van der Waals surface area contributed by atoms with E-state index in [0.717, 1.165) is 102 Å². The minimum absolute atomic E-state index is 0.107. The van der Waals surface area contributed by atoms with E-state index in [1.807, 2.05) is 0 Å². The molecule has 19 heteroatoms. The fourth-order valence-electron chi connectivity index (χ4n) is 10.5. The Bertz CT molecular complexity index is 1700. The van der Waals surface area contributed by atoms with E-state index < -0.39 is 97.5 Å². The summed E-state index contributed by atoms with van der Waals surface area (Å²) in [5, 5.41) is 10.6. The zero-order valence-corrected chi connectivity index (χ0v) is 58.6. The number of carbonyl (C=O) groups excluding carboxylic acids is 4. The number of aliphatic hydroxyl groups is 1. The Morgan fingerprint density at radius 1 is 0.307 bits per heavy atom. The van der Waals surface area contributed by atoms with Crippen LogP contribution in [0.4, 0.5) is 0 Å². The number of aliphatic hydroxyl groups excluding tert-OH is 1. The Kier molecular flexibility index (Phi) is 61.1. The summed E-state index contributed by atoms with van der Waals surface area (Å²) in [7, 11) is -9.89. The lowest BCUT2D eigenvalue weighted by molar-refractivity contribution is -0.161. The SMILES string of the molecule is CCCCCCCCCCCCCCCCC(=O)OC[C@H](COP(=O)(O)OC[C@@H](O)COP(=O)(O)OC[C@@H](COC(=O)CCCCCCCCCC)OC(=O)CCCCCCCCCCCCC)OC(=O)CCCCCCCCCCCCCCC(C)C. The molecule has 0 aliphatic rings. The Labute approximate surface area is 537 Å². The maximum atomic E-state index is 13.0. The number of phosphoric acid groups is 2. The number of hydrogen-bond acceptors (Lipinski definition) is 15. The molecule has 0 aromatic carbocycles. The zero-order chi connectivity index (χ0) is 64.9. The number of rotatable bonds is 69. The van der Waals surface area contributed by atoms with Crippen LogP contribution in [-0.2, 0) is 65.4 Å². The standard InChI is InChI=1S/C69H134O17P2/c1-6-9-12-15-18-21-23-24-25-30-33-38-43-48-53-67(72)80-59-65(86-69(74)55-50-45-40-35-31-27-26-29-32-36-41-46-51-62(4)5)61-84-88(77,78)82-57-63(70)56-81-87(75,76)83-60-64(58-79-66(71)52-47-42-37-20-17-14-11-8-3)85-68(73)54-49-44-39-34-28-22-19-16-13-10-7-2/h62-65,70H,6-61H2,1-5H3,(H,75,76)(H,77,78)/t63-,64+,65+/m0/s1. The van der Waals surface area contributed by atoms with Crippen molar-refractivity contribution in [1.82, 2.24) is 0 Å². The molecular formula is C69H134O17P2. The second-order valence-electron chi connectivity index (χ2n) is 25.4. The fraction of sp³-hybridized carbons (Fsp3) is 0.942. The van der Waals surface area contributed by atoms with Crippen LogP contribution in [0.1, 0.15) is 356 Å². The predicted molar refractivity (Wildman–Crippen MR) is 354 cm³/mol. The molecule has 0 spiro atoms. The van der Waals surface area contributed by atoms with Gasteiger partial charge in [-0.2, -0.15) is 0 Å². The number of esters is 4. The van der Waals surface area contributed by atoms with Crippen LogP contribution in [0, 0.1) is 5.92 Å². The second-order valence-corrected chi connectivity index (χ2v) is 28.3. The van der Waals surface area contributed by atoms with Gasteiger partial charge in [0.25, 0.3) is 0 Å². The van der Waals surface area contributed by atoms with E-state index in [0.29, 0.717) is 25.7 Å². The maximum absolute atomic E-state index is 13.0. The van der Waals surface area contributed by atoms with E-state index in [1.165, 1.54) is 173 Å². The monoisotopic (exact) mass is 1300 g/mol.